The molecule has 0 radical (unpaired) electrons. The van der Waals surface area contributed by atoms with Crippen molar-refractivity contribution in [1.29, 1.82) is 0 Å². The smallest absolute Gasteiger partial charge is 0.416 e. The third-order valence-electron chi connectivity index (χ3n) is 3.23. The molecule has 2 rings (SSSR count). The third-order valence-corrected chi connectivity index (χ3v) is 5.60. The lowest BCUT2D eigenvalue weighted by Gasteiger charge is -2.21. The quantitative estimate of drug-likeness (QED) is 0.452. The van der Waals surface area contributed by atoms with Crippen LogP contribution in [-0.4, -0.2) is 11.5 Å². The normalized spacial score (nSPS) is 11.2. The van der Waals surface area contributed by atoms with E-state index in [1.807, 2.05) is 62.4 Å². The highest BCUT2D eigenvalue weighted by atomic mass is 79.9. The number of para-hydroxylation sites is 2. The highest BCUT2D eigenvalue weighted by molar-refractivity contribution is 9.09. The number of hydrogen-bond acceptors (Lipinski definition) is 3. The summed E-state index contributed by atoms with van der Waals surface area (Å²) in [6.45, 7) is 3.86. The first-order valence-corrected chi connectivity index (χ1v) is 10.0. The molecule has 0 aliphatic carbocycles. The molecule has 118 valence electrons. The molecule has 0 aromatic heterocycles. The fourth-order valence-corrected chi connectivity index (χ4v) is 4.47. The van der Waals surface area contributed by atoms with Crippen LogP contribution in [-0.2, 0) is 4.57 Å². The first kappa shape index (κ1) is 17.1. The van der Waals surface area contributed by atoms with Crippen LogP contribution in [0.15, 0.2) is 48.5 Å². The summed E-state index contributed by atoms with van der Waals surface area (Å²) < 4.78 is 24.8. The molecule has 2 aromatic rings. The molecule has 0 bridgehead atoms. The molecule has 0 unspecified atom stereocenters. The highest BCUT2D eigenvalue weighted by Crippen LogP contribution is 2.50. The molecule has 5 heteroatoms. The van der Waals surface area contributed by atoms with Crippen molar-refractivity contribution < 1.29 is 13.6 Å². The van der Waals surface area contributed by atoms with Gasteiger partial charge in [0.15, 0.2) is 0 Å². The Morgan fingerprint density at radius 3 is 1.77 bits per heavy atom. The van der Waals surface area contributed by atoms with Crippen molar-refractivity contribution in [2.24, 2.45) is 0 Å². The minimum atomic E-state index is -3.26. The van der Waals surface area contributed by atoms with Crippen molar-refractivity contribution >= 4 is 23.5 Å². The van der Waals surface area contributed by atoms with Gasteiger partial charge in [0.2, 0.25) is 0 Å². The highest BCUT2D eigenvalue weighted by Gasteiger charge is 2.28. The first-order chi connectivity index (χ1) is 10.5. The maximum atomic E-state index is 13.2. The van der Waals surface area contributed by atoms with Crippen LogP contribution < -0.4 is 9.05 Å². The van der Waals surface area contributed by atoms with Crippen LogP contribution in [0.1, 0.15) is 17.5 Å². The standard InChI is InChI=1S/C17H20BrO3P/c1-14-8-3-5-10-16(14)20-22(19,13-7-12-18)21-17-11-6-4-9-15(17)2/h3-6,8-11H,7,12-13H2,1-2H3. The molecule has 0 saturated heterocycles. The molecule has 0 aliphatic heterocycles. The minimum absolute atomic E-state index is 0.362. The number of rotatable bonds is 7. The minimum Gasteiger partial charge on any atom is -0.416 e. The number of aryl methyl sites for hydroxylation is 2. The van der Waals surface area contributed by atoms with E-state index in [4.69, 9.17) is 9.05 Å². The zero-order valence-electron chi connectivity index (χ0n) is 12.8. The monoisotopic (exact) mass is 382 g/mol. The Kier molecular flexibility index (Phi) is 6.10. The van der Waals surface area contributed by atoms with Crippen LogP contribution in [0.5, 0.6) is 11.5 Å². The van der Waals surface area contributed by atoms with E-state index >= 15 is 0 Å². The summed E-state index contributed by atoms with van der Waals surface area (Å²) >= 11 is 3.37. The van der Waals surface area contributed by atoms with Crippen LogP contribution in [0.25, 0.3) is 0 Å². The predicted molar refractivity (Wildman–Crippen MR) is 94.5 cm³/mol. The summed E-state index contributed by atoms with van der Waals surface area (Å²) in [7, 11) is -3.26. The fraction of sp³-hybridized carbons (Fsp3) is 0.294. The second kappa shape index (κ2) is 7.85. The van der Waals surface area contributed by atoms with Gasteiger partial charge in [0.25, 0.3) is 0 Å². The summed E-state index contributed by atoms with van der Waals surface area (Å²) in [5, 5.41) is 0.755. The van der Waals surface area contributed by atoms with E-state index in [1.165, 1.54) is 0 Å². The number of alkyl halides is 1. The molecule has 0 saturated carbocycles. The van der Waals surface area contributed by atoms with Crippen molar-refractivity contribution in [2.45, 2.75) is 20.3 Å². The van der Waals surface area contributed by atoms with Gasteiger partial charge in [-0.25, -0.2) is 4.57 Å². The average molecular weight is 383 g/mol. The molecule has 0 amide bonds. The van der Waals surface area contributed by atoms with Gasteiger partial charge in [-0.1, -0.05) is 52.3 Å². The van der Waals surface area contributed by atoms with E-state index in [9.17, 15) is 4.57 Å². The molecule has 0 spiro atoms. The molecule has 3 nitrogen and oxygen atoms in total. The van der Waals surface area contributed by atoms with Crippen LogP contribution in [0.2, 0.25) is 0 Å². The Balaban J connectivity index is 2.26. The predicted octanol–water partition coefficient (Wildman–Crippen LogP) is 5.74. The van der Waals surface area contributed by atoms with Crippen LogP contribution in [0, 0.1) is 13.8 Å². The van der Waals surface area contributed by atoms with Crippen molar-refractivity contribution in [2.75, 3.05) is 11.5 Å². The van der Waals surface area contributed by atoms with Gasteiger partial charge in [0, 0.05) is 5.33 Å². The van der Waals surface area contributed by atoms with Crippen molar-refractivity contribution in [1.82, 2.24) is 0 Å². The van der Waals surface area contributed by atoms with Gasteiger partial charge < -0.3 is 9.05 Å². The van der Waals surface area contributed by atoms with Crippen LogP contribution in [0.4, 0.5) is 0 Å². The lowest BCUT2D eigenvalue weighted by atomic mass is 10.2. The topological polar surface area (TPSA) is 35.5 Å². The van der Waals surface area contributed by atoms with Gasteiger partial charge in [-0.3, -0.25) is 0 Å². The van der Waals surface area contributed by atoms with Gasteiger partial charge in [0.05, 0.1) is 6.16 Å². The zero-order valence-corrected chi connectivity index (χ0v) is 15.3. The molecule has 0 fully saturated rings. The summed E-state index contributed by atoms with van der Waals surface area (Å²) in [6, 6.07) is 15.1. The van der Waals surface area contributed by atoms with E-state index in [1.54, 1.807) is 0 Å². The van der Waals surface area contributed by atoms with Crippen molar-refractivity contribution in [3.05, 3.63) is 59.7 Å². The summed E-state index contributed by atoms with van der Waals surface area (Å²) in [6.07, 6.45) is 1.08. The van der Waals surface area contributed by atoms with Crippen molar-refractivity contribution in [3.63, 3.8) is 0 Å². The van der Waals surface area contributed by atoms with E-state index in [0.717, 1.165) is 22.9 Å². The van der Waals surface area contributed by atoms with E-state index in [0.29, 0.717) is 17.7 Å². The molecule has 0 aliphatic rings. The van der Waals surface area contributed by atoms with E-state index < -0.39 is 7.60 Å². The summed E-state index contributed by atoms with van der Waals surface area (Å²) in [4.78, 5) is 0. The second-order valence-electron chi connectivity index (χ2n) is 5.09. The molecule has 2 aromatic carbocycles. The van der Waals surface area contributed by atoms with E-state index in [2.05, 4.69) is 15.9 Å². The Morgan fingerprint density at radius 2 is 1.36 bits per heavy atom. The third kappa shape index (κ3) is 4.62. The number of benzene rings is 2. The first-order valence-electron chi connectivity index (χ1n) is 7.19. The largest absolute Gasteiger partial charge is 0.430 e. The molecular weight excluding hydrogens is 363 g/mol. The van der Waals surface area contributed by atoms with E-state index in [-0.39, 0.29) is 0 Å². The molecular formula is C17H20BrO3P. The Bertz CT molecular complexity index is 621. The SMILES string of the molecule is Cc1ccccc1OP(=O)(CCCBr)Oc1ccccc1C. The van der Waals surface area contributed by atoms with Gasteiger partial charge >= 0.3 is 7.60 Å². The lowest BCUT2D eigenvalue weighted by Crippen LogP contribution is -2.07. The maximum Gasteiger partial charge on any atom is 0.430 e. The van der Waals surface area contributed by atoms with Gasteiger partial charge in [-0.2, -0.15) is 0 Å². The van der Waals surface area contributed by atoms with Crippen LogP contribution in [0.3, 0.4) is 0 Å². The zero-order chi connectivity index (χ0) is 16.0. The van der Waals surface area contributed by atoms with Gasteiger partial charge in [-0.05, 0) is 43.5 Å². The molecule has 0 atom stereocenters. The maximum absolute atomic E-state index is 13.2. The Hall–Kier alpha value is -1.25. The molecule has 0 heterocycles. The number of hydrogen-bond donors (Lipinski definition) is 0. The second-order valence-corrected chi connectivity index (χ2v) is 7.92. The van der Waals surface area contributed by atoms with Crippen molar-refractivity contribution in [3.8, 4) is 11.5 Å². The van der Waals surface area contributed by atoms with Gasteiger partial charge in [-0.15, -0.1) is 0 Å². The number of halogens is 1. The summed E-state index contributed by atoms with van der Waals surface area (Å²) in [5.41, 5.74) is 1.88. The average Bonchev–Trinajstić information content (AvgIpc) is 2.50. The van der Waals surface area contributed by atoms with Gasteiger partial charge in [0.1, 0.15) is 11.5 Å². The molecule has 0 N–H and O–H groups in total. The Morgan fingerprint density at radius 1 is 0.909 bits per heavy atom. The Labute approximate surface area is 140 Å². The summed E-state index contributed by atoms with van der Waals surface area (Å²) in [5.74, 6) is 1.21. The lowest BCUT2D eigenvalue weighted by molar-refractivity contribution is 0.383. The van der Waals surface area contributed by atoms with Crippen LogP contribution >= 0.6 is 23.5 Å². The fourth-order valence-electron chi connectivity index (χ4n) is 1.98. The molecule has 22 heavy (non-hydrogen) atoms.